The van der Waals surface area contributed by atoms with Crippen molar-refractivity contribution < 1.29 is 14.7 Å². The zero-order valence-electron chi connectivity index (χ0n) is 5.44. The van der Waals surface area contributed by atoms with E-state index in [4.69, 9.17) is 5.11 Å². The molecule has 54 valence electrons. The average Bonchev–Trinajstić information content (AvgIpc) is 1.93. The van der Waals surface area contributed by atoms with Crippen LogP contribution >= 0.6 is 0 Å². The molecule has 1 aliphatic rings. The van der Waals surface area contributed by atoms with Crippen molar-refractivity contribution in [3.05, 3.63) is 12.2 Å². The highest BCUT2D eigenvalue weighted by atomic mass is 16.3. The molecule has 1 unspecified atom stereocenters. The van der Waals surface area contributed by atoms with Crippen LogP contribution in [0.2, 0.25) is 0 Å². The minimum atomic E-state index is -1.29. The van der Waals surface area contributed by atoms with Gasteiger partial charge in [0.1, 0.15) is 0 Å². The third kappa shape index (κ3) is 0.930. The number of likely N-dealkylation sites (N-methyl/N-ethyl adjacent to an activating group) is 1. The Hall–Kier alpha value is -1.16. The van der Waals surface area contributed by atoms with Gasteiger partial charge >= 0.3 is 0 Å². The third-order valence-corrected chi connectivity index (χ3v) is 1.36. The van der Waals surface area contributed by atoms with Gasteiger partial charge in [0.2, 0.25) is 11.7 Å². The lowest BCUT2D eigenvalue weighted by Crippen LogP contribution is -2.43. The van der Waals surface area contributed by atoms with Crippen LogP contribution in [0.3, 0.4) is 0 Å². The Morgan fingerprint density at radius 2 is 2.10 bits per heavy atom. The first-order valence-electron chi connectivity index (χ1n) is 2.79. The summed E-state index contributed by atoms with van der Waals surface area (Å²) in [4.78, 5) is 22.3. The van der Waals surface area contributed by atoms with Crippen molar-refractivity contribution >= 4 is 11.7 Å². The zero-order chi connectivity index (χ0) is 7.72. The largest absolute Gasteiger partial charge is 0.367 e. The van der Waals surface area contributed by atoms with E-state index in [1.54, 1.807) is 0 Å². The fourth-order valence-corrected chi connectivity index (χ4v) is 0.668. The Balaban J connectivity index is 2.89. The molecule has 1 aliphatic heterocycles. The molecule has 1 rings (SSSR count). The minimum Gasteiger partial charge on any atom is -0.367 e. The van der Waals surface area contributed by atoms with Gasteiger partial charge in [0.25, 0.3) is 0 Å². The van der Waals surface area contributed by atoms with Gasteiger partial charge in [-0.3, -0.25) is 9.59 Å². The molecule has 0 saturated carbocycles. The second-order valence-corrected chi connectivity index (χ2v) is 2.06. The first-order valence-corrected chi connectivity index (χ1v) is 2.79. The number of amides is 1. The topological polar surface area (TPSA) is 57.6 Å². The molecule has 1 atom stereocenters. The number of carbonyl (C=O) groups excluding carboxylic acids is 2. The maximum absolute atomic E-state index is 10.7. The highest BCUT2D eigenvalue weighted by molar-refractivity contribution is 6.05. The van der Waals surface area contributed by atoms with Crippen molar-refractivity contribution in [2.45, 2.75) is 6.23 Å². The summed E-state index contributed by atoms with van der Waals surface area (Å²) in [5.41, 5.74) is 0. The lowest BCUT2D eigenvalue weighted by atomic mass is 10.2. The fourth-order valence-electron chi connectivity index (χ4n) is 0.668. The van der Waals surface area contributed by atoms with Gasteiger partial charge in [-0.2, -0.15) is 0 Å². The van der Waals surface area contributed by atoms with Gasteiger partial charge in [-0.15, -0.1) is 0 Å². The Kier molecular flexibility index (Phi) is 1.55. The first-order chi connectivity index (χ1) is 4.63. The van der Waals surface area contributed by atoms with E-state index in [0.717, 1.165) is 17.1 Å². The van der Waals surface area contributed by atoms with Crippen molar-refractivity contribution in [2.24, 2.45) is 0 Å². The van der Waals surface area contributed by atoms with Crippen LogP contribution in [0.1, 0.15) is 0 Å². The van der Waals surface area contributed by atoms with Crippen LogP contribution in [0.5, 0.6) is 0 Å². The number of hydrogen-bond donors (Lipinski definition) is 1. The van der Waals surface area contributed by atoms with Gasteiger partial charge < -0.3 is 10.0 Å². The third-order valence-electron chi connectivity index (χ3n) is 1.36. The fraction of sp³-hybridized carbons (Fsp3) is 0.333. The highest BCUT2D eigenvalue weighted by Crippen LogP contribution is 2.02. The second-order valence-electron chi connectivity index (χ2n) is 2.06. The predicted molar refractivity (Wildman–Crippen MR) is 32.9 cm³/mol. The van der Waals surface area contributed by atoms with Crippen LogP contribution in [0.4, 0.5) is 0 Å². The van der Waals surface area contributed by atoms with E-state index >= 15 is 0 Å². The molecule has 0 radical (unpaired) electrons. The van der Waals surface area contributed by atoms with E-state index in [-0.39, 0.29) is 5.91 Å². The number of nitrogens with zero attached hydrogens (tertiary/aromatic N) is 1. The summed E-state index contributed by atoms with van der Waals surface area (Å²) >= 11 is 0. The van der Waals surface area contributed by atoms with E-state index in [0.29, 0.717) is 0 Å². The van der Waals surface area contributed by atoms with Gasteiger partial charge in [0, 0.05) is 13.1 Å². The van der Waals surface area contributed by atoms with Gasteiger partial charge in [-0.25, -0.2) is 0 Å². The summed E-state index contributed by atoms with van der Waals surface area (Å²) in [5, 5.41) is 8.92. The summed E-state index contributed by atoms with van der Waals surface area (Å²) in [6.07, 6.45) is 0.916. The lowest BCUT2D eigenvalue weighted by molar-refractivity contribution is -0.145. The summed E-state index contributed by atoms with van der Waals surface area (Å²) in [6.45, 7) is 0. The number of rotatable bonds is 0. The Morgan fingerprint density at radius 1 is 1.50 bits per heavy atom. The molecule has 10 heavy (non-hydrogen) atoms. The van der Waals surface area contributed by atoms with E-state index in [1.165, 1.54) is 7.05 Å². The van der Waals surface area contributed by atoms with Crippen LogP contribution < -0.4 is 0 Å². The van der Waals surface area contributed by atoms with Crippen molar-refractivity contribution in [3.63, 3.8) is 0 Å². The smallest absolute Gasteiger partial charge is 0.248 e. The summed E-state index contributed by atoms with van der Waals surface area (Å²) in [5.74, 6) is -0.811. The van der Waals surface area contributed by atoms with Gasteiger partial charge in [-0.1, -0.05) is 0 Å². The first kappa shape index (κ1) is 6.95. The number of hydrogen-bond acceptors (Lipinski definition) is 3. The normalized spacial score (nSPS) is 25.8. The van der Waals surface area contributed by atoms with Crippen molar-refractivity contribution in [2.75, 3.05) is 7.05 Å². The van der Waals surface area contributed by atoms with Gasteiger partial charge in [0.05, 0.1) is 0 Å². The quantitative estimate of drug-likeness (QED) is 0.466. The van der Waals surface area contributed by atoms with E-state index < -0.39 is 12.0 Å². The summed E-state index contributed by atoms with van der Waals surface area (Å²) in [6, 6.07) is 0. The molecule has 0 spiro atoms. The molecule has 0 aliphatic carbocycles. The standard InChI is InChI=1S/C6H7NO3/c1-7-5(9)3-2-4(8)6(7)10/h2-3,6,10H,1H3. The maximum atomic E-state index is 10.7. The van der Waals surface area contributed by atoms with E-state index in [2.05, 4.69) is 0 Å². The lowest BCUT2D eigenvalue weighted by Gasteiger charge is -2.22. The zero-order valence-corrected chi connectivity index (χ0v) is 5.44. The number of aliphatic hydroxyl groups is 1. The Labute approximate surface area is 57.7 Å². The molecule has 4 nitrogen and oxygen atoms in total. The van der Waals surface area contributed by atoms with Crippen molar-refractivity contribution in [1.82, 2.24) is 4.90 Å². The molecule has 0 aromatic heterocycles. The predicted octanol–water partition coefficient (Wildman–Crippen LogP) is -1.10. The van der Waals surface area contributed by atoms with Crippen LogP contribution in [0.25, 0.3) is 0 Å². The molecule has 0 aromatic carbocycles. The Bertz CT molecular complexity index is 187. The van der Waals surface area contributed by atoms with E-state index in [1.807, 2.05) is 0 Å². The monoisotopic (exact) mass is 141 g/mol. The SMILES string of the molecule is CN1C(=O)C=CC(=O)C1O. The molecule has 0 saturated heterocycles. The average molecular weight is 141 g/mol. The maximum Gasteiger partial charge on any atom is 0.248 e. The van der Waals surface area contributed by atoms with Gasteiger partial charge in [-0.05, 0) is 6.08 Å². The van der Waals surface area contributed by atoms with Crippen molar-refractivity contribution in [3.8, 4) is 0 Å². The highest BCUT2D eigenvalue weighted by Gasteiger charge is 2.24. The van der Waals surface area contributed by atoms with Crippen LogP contribution in [-0.4, -0.2) is 35.0 Å². The molecule has 1 amide bonds. The number of ketones is 1. The van der Waals surface area contributed by atoms with Crippen LogP contribution in [0, 0.1) is 0 Å². The van der Waals surface area contributed by atoms with E-state index in [9.17, 15) is 9.59 Å². The van der Waals surface area contributed by atoms with Crippen LogP contribution in [-0.2, 0) is 9.59 Å². The molecule has 0 bridgehead atoms. The molecule has 0 aromatic rings. The number of aliphatic hydroxyl groups excluding tert-OH is 1. The summed E-state index contributed by atoms with van der Waals surface area (Å²) in [7, 11) is 1.37. The molecule has 4 heteroatoms. The molecule has 0 fully saturated rings. The minimum absolute atomic E-state index is 0.355. The molecule has 1 N–H and O–H groups in total. The number of carbonyl (C=O) groups is 2. The van der Waals surface area contributed by atoms with Crippen molar-refractivity contribution in [1.29, 1.82) is 0 Å². The Morgan fingerprint density at radius 3 is 2.60 bits per heavy atom. The molecular formula is C6H7NO3. The second kappa shape index (κ2) is 2.22. The van der Waals surface area contributed by atoms with Crippen LogP contribution in [0.15, 0.2) is 12.2 Å². The van der Waals surface area contributed by atoms with Gasteiger partial charge in [0.15, 0.2) is 6.23 Å². The summed E-state index contributed by atoms with van der Waals surface area (Å²) < 4.78 is 0. The molecule has 1 heterocycles. The molecular weight excluding hydrogens is 134 g/mol.